The Labute approximate surface area is 135 Å². The molecule has 2 aromatic rings. The Hall–Kier alpha value is -1.40. The van der Waals surface area contributed by atoms with Crippen molar-refractivity contribution in [1.29, 1.82) is 0 Å². The fraction of sp³-hybridized carbons (Fsp3) is 0.333. The second-order valence-electron chi connectivity index (χ2n) is 5.22. The third kappa shape index (κ3) is 2.96. The van der Waals surface area contributed by atoms with Crippen LogP contribution in [0.1, 0.15) is 34.9 Å². The van der Waals surface area contributed by atoms with Gasteiger partial charge in [0.05, 0.1) is 11.4 Å². The lowest BCUT2D eigenvalue weighted by molar-refractivity contribution is -0.139. The summed E-state index contributed by atoms with van der Waals surface area (Å²) in [4.78, 5) is 16.9. The van der Waals surface area contributed by atoms with Gasteiger partial charge in [-0.2, -0.15) is 0 Å². The number of hydrogen-bond donors (Lipinski definition) is 2. The highest BCUT2D eigenvalue weighted by molar-refractivity contribution is 9.10. The number of benzene rings is 1. The molecule has 1 aliphatic carbocycles. The zero-order chi connectivity index (χ0) is 15.0. The van der Waals surface area contributed by atoms with Gasteiger partial charge in [-0.15, -0.1) is 11.3 Å². The molecule has 3 rings (SSSR count). The van der Waals surface area contributed by atoms with Gasteiger partial charge < -0.3 is 10.4 Å². The van der Waals surface area contributed by atoms with Crippen LogP contribution in [0.2, 0.25) is 0 Å². The normalized spacial score (nSPS) is 17.3. The summed E-state index contributed by atoms with van der Waals surface area (Å²) in [5.41, 5.74) is 2.86. The van der Waals surface area contributed by atoms with E-state index in [9.17, 15) is 9.90 Å². The van der Waals surface area contributed by atoms with Gasteiger partial charge in [0.15, 0.2) is 5.13 Å². The number of aryl methyl sites for hydroxylation is 2. The van der Waals surface area contributed by atoms with Crippen LogP contribution in [-0.4, -0.2) is 16.1 Å². The molecule has 0 amide bonds. The molecule has 0 spiro atoms. The topological polar surface area (TPSA) is 62.2 Å². The molecule has 1 aromatic carbocycles. The van der Waals surface area contributed by atoms with E-state index in [1.165, 1.54) is 5.56 Å². The standard InChI is InChI=1S/C15H15BrN2O2S/c1-8-5-6-11(10(16)7-8)17-15-18-13-9(14(19)20)3-2-4-12(13)21-15/h5-7,9H,2-4H2,1H3,(H,17,18)(H,19,20). The van der Waals surface area contributed by atoms with Gasteiger partial charge in [0.1, 0.15) is 5.92 Å². The van der Waals surface area contributed by atoms with E-state index < -0.39 is 11.9 Å². The summed E-state index contributed by atoms with van der Waals surface area (Å²) in [5.74, 6) is -1.23. The molecule has 0 fully saturated rings. The monoisotopic (exact) mass is 366 g/mol. The Balaban J connectivity index is 1.89. The maximum Gasteiger partial charge on any atom is 0.312 e. The number of halogens is 1. The van der Waals surface area contributed by atoms with Crippen LogP contribution < -0.4 is 5.32 Å². The number of aliphatic carboxylic acids is 1. The maximum atomic E-state index is 11.3. The minimum Gasteiger partial charge on any atom is -0.481 e. The molecule has 1 aromatic heterocycles. The molecule has 21 heavy (non-hydrogen) atoms. The quantitative estimate of drug-likeness (QED) is 0.841. The van der Waals surface area contributed by atoms with Crippen LogP contribution in [0.4, 0.5) is 10.8 Å². The molecule has 0 bridgehead atoms. The molecule has 110 valence electrons. The van der Waals surface area contributed by atoms with E-state index in [-0.39, 0.29) is 0 Å². The first kappa shape index (κ1) is 14.5. The lowest BCUT2D eigenvalue weighted by Gasteiger charge is -2.16. The number of nitrogens with one attached hydrogen (secondary N) is 1. The molecular weight excluding hydrogens is 352 g/mol. The molecule has 0 saturated heterocycles. The van der Waals surface area contributed by atoms with Crippen LogP contribution >= 0.6 is 27.3 Å². The lowest BCUT2D eigenvalue weighted by atomic mass is 9.91. The smallest absolute Gasteiger partial charge is 0.312 e. The highest BCUT2D eigenvalue weighted by Crippen LogP contribution is 2.38. The van der Waals surface area contributed by atoms with Crippen LogP contribution in [0.5, 0.6) is 0 Å². The van der Waals surface area contributed by atoms with Gasteiger partial charge in [0.25, 0.3) is 0 Å². The van der Waals surface area contributed by atoms with Crippen molar-refractivity contribution >= 4 is 44.1 Å². The number of anilines is 2. The average Bonchev–Trinajstić information content (AvgIpc) is 2.83. The Bertz CT molecular complexity index is 699. The zero-order valence-corrected chi connectivity index (χ0v) is 13.9. The number of rotatable bonds is 3. The van der Waals surface area contributed by atoms with Crippen molar-refractivity contribution in [2.24, 2.45) is 0 Å². The highest BCUT2D eigenvalue weighted by Gasteiger charge is 2.30. The number of carbonyl (C=O) groups is 1. The largest absolute Gasteiger partial charge is 0.481 e. The number of carboxylic acids is 1. The van der Waals surface area contributed by atoms with Gasteiger partial charge in [-0.25, -0.2) is 4.98 Å². The number of nitrogens with zero attached hydrogens (tertiary/aromatic N) is 1. The molecule has 0 saturated carbocycles. The molecule has 4 nitrogen and oxygen atoms in total. The Morgan fingerprint density at radius 3 is 3.05 bits per heavy atom. The fourth-order valence-corrected chi connectivity index (χ4v) is 4.22. The Morgan fingerprint density at radius 1 is 1.52 bits per heavy atom. The predicted molar refractivity (Wildman–Crippen MR) is 87.6 cm³/mol. The first-order valence-corrected chi connectivity index (χ1v) is 8.41. The molecule has 1 heterocycles. The van der Waals surface area contributed by atoms with Gasteiger partial charge in [-0.1, -0.05) is 6.07 Å². The zero-order valence-electron chi connectivity index (χ0n) is 11.5. The number of fused-ring (bicyclic) bond motifs is 1. The summed E-state index contributed by atoms with van der Waals surface area (Å²) < 4.78 is 0.977. The van der Waals surface area contributed by atoms with E-state index in [2.05, 4.69) is 26.2 Å². The maximum absolute atomic E-state index is 11.3. The van der Waals surface area contributed by atoms with E-state index in [4.69, 9.17) is 0 Å². The highest BCUT2D eigenvalue weighted by atomic mass is 79.9. The van der Waals surface area contributed by atoms with Gasteiger partial charge >= 0.3 is 5.97 Å². The van der Waals surface area contributed by atoms with Crippen LogP contribution in [0.25, 0.3) is 0 Å². The molecule has 1 atom stereocenters. The van der Waals surface area contributed by atoms with E-state index >= 15 is 0 Å². The van der Waals surface area contributed by atoms with Gasteiger partial charge in [0, 0.05) is 9.35 Å². The van der Waals surface area contributed by atoms with Crippen molar-refractivity contribution in [2.75, 3.05) is 5.32 Å². The van der Waals surface area contributed by atoms with Crippen molar-refractivity contribution < 1.29 is 9.90 Å². The van der Waals surface area contributed by atoms with Gasteiger partial charge in [0.2, 0.25) is 0 Å². The SMILES string of the molecule is Cc1ccc(Nc2nc3c(s2)CCCC3C(=O)O)c(Br)c1. The number of thiazole rings is 1. The lowest BCUT2D eigenvalue weighted by Crippen LogP contribution is -2.17. The second-order valence-corrected chi connectivity index (χ2v) is 7.16. The summed E-state index contributed by atoms with van der Waals surface area (Å²) in [5, 5.41) is 13.3. The van der Waals surface area contributed by atoms with E-state index in [1.54, 1.807) is 11.3 Å². The summed E-state index contributed by atoms with van der Waals surface area (Å²) >= 11 is 5.09. The Morgan fingerprint density at radius 2 is 2.33 bits per heavy atom. The van der Waals surface area contributed by atoms with Gasteiger partial charge in [-0.05, 0) is 59.8 Å². The molecular formula is C15H15BrN2O2S. The molecule has 6 heteroatoms. The molecule has 1 unspecified atom stereocenters. The minimum absolute atomic E-state index is 0.456. The molecule has 1 aliphatic rings. The second kappa shape index (κ2) is 5.77. The summed E-state index contributed by atoms with van der Waals surface area (Å²) in [6, 6.07) is 6.06. The van der Waals surface area contributed by atoms with Crippen molar-refractivity contribution in [2.45, 2.75) is 32.1 Å². The first-order chi connectivity index (χ1) is 10.0. The third-order valence-electron chi connectivity index (χ3n) is 3.62. The summed E-state index contributed by atoms with van der Waals surface area (Å²) in [6.45, 7) is 2.04. The average molecular weight is 367 g/mol. The number of aromatic nitrogens is 1. The van der Waals surface area contributed by atoms with Crippen LogP contribution in [0.3, 0.4) is 0 Å². The van der Waals surface area contributed by atoms with Crippen LogP contribution in [-0.2, 0) is 11.2 Å². The molecule has 2 N–H and O–H groups in total. The van der Waals surface area contributed by atoms with Crippen LogP contribution in [0, 0.1) is 6.92 Å². The van der Waals surface area contributed by atoms with Crippen molar-refractivity contribution in [3.8, 4) is 0 Å². The molecule has 0 radical (unpaired) electrons. The summed E-state index contributed by atoms with van der Waals surface area (Å²) in [7, 11) is 0. The van der Waals surface area contributed by atoms with Gasteiger partial charge in [-0.3, -0.25) is 4.79 Å². The Kier molecular flexibility index (Phi) is 3.99. The minimum atomic E-state index is -0.774. The molecule has 0 aliphatic heterocycles. The number of hydrogen-bond acceptors (Lipinski definition) is 4. The first-order valence-electron chi connectivity index (χ1n) is 6.80. The van der Waals surface area contributed by atoms with Crippen LogP contribution in [0.15, 0.2) is 22.7 Å². The van der Waals surface area contributed by atoms with E-state index in [1.807, 2.05) is 25.1 Å². The van der Waals surface area contributed by atoms with Crippen molar-refractivity contribution in [3.63, 3.8) is 0 Å². The fourth-order valence-electron chi connectivity index (χ4n) is 2.55. The predicted octanol–water partition coefficient (Wildman–Crippen LogP) is 4.46. The van der Waals surface area contributed by atoms with Crippen molar-refractivity contribution in [3.05, 3.63) is 38.8 Å². The third-order valence-corrected chi connectivity index (χ3v) is 5.32. The number of carboxylic acid groups (broad SMARTS) is 1. The van der Waals surface area contributed by atoms with E-state index in [0.29, 0.717) is 6.42 Å². The van der Waals surface area contributed by atoms with E-state index in [0.717, 1.165) is 38.7 Å². The summed E-state index contributed by atoms with van der Waals surface area (Å²) in [6.07, 6.45) is 2.52. The van der Waals surface area contributed by atoms with Crippen molar-refractivity contribution in [1.82, 2.24) is 4.98 Å².